The normalized spacial score (nSPS) is 10.9. The molecule has 0 aliphatic rings. The smallest absolute Gasteiger partial charge is 0.127 e. The van der Waals surface area contributed by atoms with Crippen LogP contribution in [0.5, 0.6) is 5.75 Å². The average molecular weight is 284 g/mol. The first-order chi connectivity index (χ1) is 10.9. The molecule has 4 aromatic rings. The van der Waals surface area contributed by atoms with Crippen LogP contribution in [0.25, 0.3) is 21.5 Å². The van der Waals surface area contributed by atoms with E-state index in [0.29, 0.717) is 6.61 Å². The summed E-state index contributed by atoms with van der Waals surface area (Å²) in [5, 5.41) is 4.87. The molecule has 0 aliphatic carbocycles. The van der Waals surface area contributed by atoms with Crippen LogP contribution in [0.1, 0.15) is 5.56 Å². The number of fused-ring (bicyclic) bond motifs is 2. The fourth-order valence-corrected chi connectivity index (χ4v) is 2.90. The zero-order valence-corrected chi connectivity index (χ0v) is 12.2. The highest BCUT2D eigenvalue weighted by Crippen LogP contribution is 2.27. The molecule has 0 unspecified atom stereocenters. The van der Waals surface area contributed by atoms with Crippen molar-refractivity contribution in [3.05, 3.63) is 90.5 Å². The van der Waals surface area contributed by atoms with Gasteiger partial charge in [0.25, 0.3) is 0 Å². The Bertz CT molecular complexity index is 850. The van der Waals surface area contributed by atoms with E-state index in [1.165, 1.54) is 21.7 Å². The predicted octanol–water partition coefficient (Wildman–Crippen LogP) is 5.57. The third kappa shape index (κ3) is 2.31. The molecular formula is C21H16O. The number of ether oxygens (including phenoxy) is 1. The van der Waals surface area contributed by atoms with Gasteiger partial charge in [-0.15, -0.1) is 0 Å². The first-order valence-electron chi connectivity index (χ1n) is 7.49. The van der Waals surface area contributed by atoms with Crippen LogP contribution in [-0.2, 0) is 6.61 Å². The molecule has 106 valence electrons. The van der Waals surface area contributed by atoms with Crippen molar-refractivity contribution in [2.75, 3.05) is 0 Å². The van der Waals surface area contributed by atoms with Crippen LogP contribution in [0.3, 0.4) is 0 Å². The van der Waals surface area contributed by atoms with Gasteiger partial charge in [-0.1, -0.05) is 78.9 Å². The van der Waals surface area contributed by atoms with Crippen molar-refractivity contribution >= 4 is 21.5 Å². The summed E-state index contributed by atoms with van der Waals surface area (Å²) >= 11 is 0. The third-order valence-electron chi connectivity index (χ3n) is 4.01. The highest BCUT2D eigenvalue weighted by Gasteiger charge is 2.04. The minimum absolute atomic E-state index is 0.579. The molecular weight excluding hydrogens is 268 g/mol. The van der Waals surface area contributed by atoms with E-state index in [0.717, 1.165) is 11.1 Å². The largest absolute Gasteiger partial charge is 0.488 e. The van der Waals surface area contributed by atoms with Crippen molar-refractivity contribution in [2.45, 2.75) is 6.61 Å². The van der Waals surface area contributed by atoms with Gasteiger partial charge in [-0.05, 0) is 27.8 Å². The van der Waals surface area contributed by atoms with Gasteiger partial charge >= 0.3 is 0 Å². The molecule has 4 aromatic carbocycles. The van der Waals surface area contributed by atoms with Crippen LogP contribution >= 0.6 is 0 Å². The van der Waals surface area contributed by atoms with Gasteiger partial charge in [0.1, 0.15) is 12.4 Å². The van der Waals surface area contributed by atoms with Crippen molar-refractivity contribution in [2.24, 2.45) is 0 Å². The zero-order valence-electron chi connectivity index (χ0n) is 12.2. The molecule has 0 spiro atoms. The number of hydrogen-bond acceptors (Lipinski definition) is 1. The molecule has 0 saturated heterocycles. The lowest BCUT2D eigenvalue weighted by atomic mass is 10.1. The minimum Gasteiger partial charge on any atom is -0.488 e. The summed E-state index contributed by atoms with van der Waals surface area (Å²) in [6.45, 7) is 0.579. The Labute approximate surface area is 129 Å². The maximum Gasteiger partial charge on any atom is 0.127 e. The summed E-state index contributed by atoms with van der Waals surface area (Å²) < 4.78 is 6.11. The standard InChI is InChI=1S/C21H16O/c1-3-12-19-16(7-1)9-5-11-18(19)15-22-21-14-6-10-17-8-2-4-13-20(17)21/h1-14H,15H2. The van der Waals surface area contributed by atoms with E-state index in [9.17, 15) is 0 Å². The Morgan fingerprint density at radius 3 is 1.95 bits per heavy atom. The van der Waals surface area contributed by atoms with Crippen molar-refractivity contribution in [3.63, 3.8) is 0 Å². The van der Waals surface area contributed by atoms with E-state index in [-0.39, 0.29) is 0 Å². The lowest BCUT2D eigenvalue weighted by Crippen LogP contribution is -1.97. The maximum absolute atomic E-state index is 6.11. The van der Waals surface area contributed by atoms with Gasteiger partial charge in [0.15, 0.2) is 0 Å². The molecule has 22 heavy (non-hydrogen) atoms. The van der Waals surface area contributed by atoms with Gasteiger partial charge in [-0.2, -0.15) is 0 Å². The van der Waals surface area contributed by atoms with E-state index in [1.54, 1.807) is 0 Å². The van der Waals surface area contributed by atoms with Crippen LogP contribution in [0, 0.1) is 0 Å². The van der Waals surface area contributed by atoms with E-state index in [1.807, 2.05) is 18.2 Å². The molecule has 0 N–H and O–H groups in total. The van der Waals surface area contributed by atoms with E-state index in [4.69, 9.17) is 4.74 Å². The number of hydrogen-bond donors (Lipinski definition) is 0. The molecule has 0 aromatic heterocycles. The highest BCUT2D eigenvalue weighted by molar-refractivity contribution is 5.88. The summed E-state index contributed by atoms with van der Waals surface area (Å²) in [7, 11) is 0. The Balaban J connectivity index is 1.69. The second-order valence-electron chi connectivity index (χ2n) is 5.40. The van der Waals surface area contributed by atoms with Gasteiger partial charge in [-0.25, -0.2) is 0 Å². The lowest BCUT2D eigenvalue weighted by Gasteiger charge is -2.11. The van der Waals surface area contributed by atoms with Gasteiger partial charge in [0.05, 0.1) is 0 Å². The second-order valence-corrected chi connectivity index (χ2v) is 5.40. The summed E-state index contributed by atoms with van der Waals surface area (Å²) in [6.07, 6.45) is 0. The Morgan fingerprint density at radius 2 is 1.14 bits per heavy atom. The second kappa shape index (κ2) is 5.53. The molecule has 0 atom stereocenters. The molecule has 0 aliphatic heterocycles. The van der Waals surface area contributed by atoms with Crippen LogP contribution < -0.4 is 4.74 Å². The van der Waals surface area contributed by atoms with Crippen LogP contribution in [0.4, 0.5) is 0 Å². The van der Waals surface area contributed by atoms with E-state index >= 15 is 0 Å². The minimum atomic E-state index is 0.579. The van der Waals surface area contributed by atoms with Crippen molar-refractivity contribution in [1.82, 2.24) is 0 Å². The summed E-state index contributed by atoms with van der Waals surface area (Å²) in [4.78, 5) is 0. The molecule has 0 bridgehead atoms. The summed E-state index contributed by atoms with van der Waals surface area (Å²) in [6, 6.07) is 29.3. The summed E-state index contributed by atoms with van der Waals surface area (Å²) in [5.41, 5.74) is 1.21. The zero-order chi connectivity index (χ0) is 14.8. The monoisotopic (exact) mass is 284 g/mol. The third-order valence-corrected chi connectivity index (χ3v) is 4.01. The molecule has 0 amide bonds. The van der Waals surface area contributed by atoms with E-state index < -0.39 is 0 Å². The molecule has 0 radical (unpaired) electrons. The van der Waals surface area contributed by atoms with Crippen molar-refractivity contribution < 1.29 is 4.74 Å². The van der Waals surface area contributed by atoms with Crippen molar-refractivity contribution in [3.8, 4) is 5.75 Å². The average Bonchev–Trinajstić information content (AvgIpc) is 2.60. The molecule has 4 rings (SSSR count). The maximum atomic E-state index is 6.11. The molecule has 1 nitrogen and oxygen atoms in total. The number of rotatable bonds is 3. The molecule has 0 heterocycles. The SMILES string of the molecule is c1ccc2c(COc3cccc4ccccc34)cccc2c1. The Hall–Kier alpha value is -2.80. The Morgan fingerprint density at radius 1 is 0.545 bits per heavy atom. The highest BCUT2D eigenvalue weighted by atomic mass is 16.5. The topological polar surface area (TPSA) is 9.23 Å². The van der Waals surface area contributed by atoms with Gasteiger partial charge < -0.3 is 4.74 Å². The van der Waals surface area contributed by atoms with Gasteiger partial charge in [0, 0.05) is 5.39 Å². The van der Waals surface area contributed by atoms with Crippen LogP contribution in [0.15, 0.2) is 84.9 Å². The van der Waals surface area contributed by atoms with Crippen LogP contribution in [0.2, 0.25) is 0 Å². The van der Waals surface area contributed by atoms with Gasteiger partial charge in [0.2, 0.25) is 0 Å². The van der Waals surface area contributed by atoms with Crippen molar-refractivity contribution in [1.29, 1.82) is 0 Å². The first kappa shape index (κ1) is 12.9. The van der Waals surface area contributed by atoms with Gasteiger partial charge in [-0.3, -0.25) is 0 Å². The van der Waals surface area contributed by atoms with E-state index in [2.05, 4.69) is 66.7 Å². The Kier molecular flexibility index (Phi) is 3.24. The lowest BCUT2D eigenvalue weighted by molar-refractivity contribution is 0.311. The first-order valence-corrected chi connectivity index (χ1v) is 7.49. The fourth-order valence-electron chi connectivity index (χ4n) is 2.90. The summed E-state index contributed by atoms with van der Waals surface area (Å²) in [5.74, 6) is 0.936. The number of benzene rings is 4. The molecule has 0 fully saturated rings. The predicted molar refractivity (Wildman–Crippen MR) is 92.2 cm³/mol. The fraction of sp³-hybridized carbons (Fsp3) is 0.0476. The van der Waals surface area contributed by atoms with Crippen LogP contribution in [-0.4, -0.2) is 0 Å². The quantitative estimate of drug-likeness (QED) is 0.477. The molecule has 1 heteroatoms. The molecule has 0 saturated carbocycles.